The maximum atomic E-state index is 12.8. The minimum absolute atomic E-state index is 0.0585. The molecule has 1 aromatic heterocycles. The molecule has 1 unspecified atom stereocenters. The molecule has 1 aliphatic rings. The fraction of sp³-hybridized carbons (Fsp3) is 0.375. The van der Waals surface area contributed by atoms with Crippen LogP contribution in [-0.4, -0.2) is 40.6 Å². The van der Waals surface area contributed by atoms with E-state index in [-0.39, 0.29) is 11.8 Å². The lowest BCUT2D eigenvalue weighted by Gasteiger charge is -2.30. The number of likely N-dealkylation sites (tertiary alicyclic amines) is 1. The Labute approximate surface area is 196 Å². The van der Waals surface area contributed by atoms with Gasteiger partial charge in [-0.25, -0.2) is 0 Å². The molecule has 1 fully saturated rings. The van der Waals surface area contributed by atoms with E-state index in [0.29, 0.717) is 38.0 Å². The molecule has 0 spiro atoms. The summed E-state index contributed by atoms with van der Waals surface area (Å²) < 4.78 is 12.1. The fourth-order valence-electron chi connectivity index (χ4n) is 3.91. The van der Waals surface area contributed by atoms with Crippen LogP contribution in [0.2, 0.25) is 0 Å². The molecule has 0 radical (unpaired) electrons. The van der Waals surface area contributed by atoms with Crippen molar-refractivity contribution in [3.63, 3.8) is 0 Å². The second-order valence-electron chi connectivity index (χ2n) is 7.85. The van der Waals surface area contributed by atoms with E-state index in [1.807, 2.05) is 55.5 Å². The quantitative estimate of drug-likeness (QED) is 0.494. The van der Waals surface area contributed by atoms with Crippen molar-refractivity contribution in [2.45, 2.75) is 32.9 Å². The molecule has 1 atom stereocenters. The molecule has 0 bridgehead atoms. The standard InChI is InChI=1S/C24H27BrN4O3/c1-2-31-21-8-4-3-6-18(21)14-26-24(30)19-7-5-13-29(15-19)16-22-27-23(28-32-22)17-9-11-20(25)12-10-17/h3-4,6,8-12,19H,2,5,7,13-16H2,1H3,(H,26,30). The van der Waals surface area contributed by atoms with Gasteiger partial charge in [0.15, 0.2) is 0 Å². The zero-order valence-electron chi connectivity index (χ0n) is 18.1. The Hall–Kier alpha value is -2.71. The van der Waals surface area contributed by atoms with E-state index in [4.69, 9.17) is 9.26 Å². The summed E-state index contributed by atoms with van der Waals surface area (Å²) in [7, 11) is 0. The predicted molar refractivity (Wildman–Crippen MR) is 125 cm³/mol. The van der Waals surface area contributed by atoms with Gasteiger partial charge in [-0.2, -0.15) is 4.98 Å². The third kappa shape index (κ3) is 5.75. The van der Waals surface area contributed by atoms with Crippen LogP contribution < -0.4 is 10.1 Å². The lowest BCUT2D eigenvalue weighted by molar-refractivity contribution is -0.127. The largest absolute Gasteiger partial charge is 0.494 e. The van der Waals surface area contributed by atoms with Crippen LogP contribution in [0, 0.1) is 5.92 Å². The predicted octanol–water partition coefficient (Wildman–Crippen LogP) is 4.43. The van der Waals surface area contributed by atoms with E-state index >= 15 is 0 Å². The number of nitrogens with zero attached hydrogens (tertiary/aromatic N) is 3. The van der Waals surface area contributed by atoms with E-state index in [1.54, 1.807) is 0 Å². The highest BCUT2D eigenvalue weighted by Gasteiger charge is 2.27. The number of amides is 1. The molecule has 32 heavy (non-hydrogen) atoms. The third-order valence-corrected chi connectivity index (χ3v) is 6.06. The van der Waals surface area contributed by atoms with E-state index in [9.17, 15) is 4.79 Å². The van der Waals surface area contributed by atoms with Gasteiger partial charge in [-0.3, -0.25) is 9.69 Å². The number of benzene rings is 2. The second-order valence-corrected chi connectivity index (χ2v) is 8.77. The fourth-order valence-corrected chi connectivity index (χ4v) is 4.18. The van der Waals surface area contributed by atoms with Crippen molar-refractivity contribution >= 4 is 21.8 Å². The van der Waals surface area contributed by atoms with Gasteiger partial charge in [0, 0.05) is 28.7 Å². The van der Waals surface area contributed by atoms with Crippen molar-refractivity contribution in [2.75, 3.05) is 19.7 Å². The molecule has 3 aromatic rings. The lowest BCUT2D eigenvalue weighted by atomic mass is 9.97. The highest BCUT2D eigenvalue weighted by Crippen LogP contribution is 2.22. The maximum absolute atomic E-state index is 12.8. The number of piperidine rings is 1. The van der Waals surface area contributed by atoms with E-state index < -0.39 is 0 Å². The smallest absolute Gasteiger partial charge is 0.241 e. The summed E-state index contributed by atoms with van der Waals surface area (Å²) in [6, 6.07) is 15.6. The van der Waals surface area contributed by atoms with Crippen LogP contribution in [0.25, 0.3) is 11.4 Å². The summed E-state index contributed by atoms with van der Waals surface area (Å²) in [6.45, 7) is 5.15. The third-order valence-electron chi connectivity index (χ3n) is 5.53. The Kier molecular flexibility index (Phi) is 7.55. The Bertz CT molecular complexity index is 1040. The van der Waals surface area contributed by atoms with E-state index in [2.05, 4.69) is 36.3 Å². The molecule has 2 aromatic carbocycles. The van der Waals surface area contributed by atoms with Gasteiger partial charge >= 0.3 is 0 Å². The summed E-state index contributed by atoms with van der Waals surface area (Å²) in [5, 5.41) is 7.18. The average molecular weight is 499 g/mol. The Morgan fingerprint density at radius 3 is 2.88 bits per heavy atom. The summed E-state index contributed by atoms with van der Waals surface area (Å²) in [4.78, 5) is 19.6. The molecule has 0 aliphatic carbocycles. The number of hydrogen-bond donors (Lipinski definition) is 1. The van der Waals surface area contributed by atoms with Gasteiger partial charge < -0.3 is 14.6 Å². The summed E-state index contributed by atoms with van der Waals surface area (Å²) in [5.41, 5.74) is 1.90. The number of para-hydroxylation sites is 1. The van der Waals surface area contributed by atoms with Crippen LogP contribution >= 0.6 is 15.9 Å². The zero-order chi connectivity index (χ0) is 22.3. The number of nitrogens with one attached hydrogen (secondary N) is 1. The number of carbonyl (C=O) groups excluding carboxylic acids is 1. The topological polar surface area (TPSA) is 80.5 Å². The van der Waals surface area contributed by atoms with Gasteiger partial charge in [0.25, 0.3) is 0 Å². The number of halogens is 1. The zero-order valence-corrected chi connectivity index (χ0v) is 19.7. The number of ether oxygens (including phenoxy) is 1. The molecule has 1 aliphatic heterocycles. The van der Waals surface area contributed by atoms with E-state index in [1.165, 1.54) is 0 Å². The lowest BCUT2D eigenvalue weighted by Crippen LogP contribution is -2.42. The van der Waals surface area contributed by atoms with Crippen molar-refractivity contribution < 1.29 is 14.1 Å². The molecule has 2 heterocycles. The normalized spacial score (nSPS) is 16.6. The minimum Gasteiger partial charge on any atom is -0.494 e. The van der Waals surface area contributed by atoms with Crippen molar-refractivity contribution in [3.05, 3.63) is 64.5 Å². The molecule has 4 rings (SSSR count). The van der Waals surface area contributed by atoms with Gasteiger partial charge in [0.05, 0.1) is 19.1 Å². The molecule has 0 saturated carbocycles. The van der Waals surface area contributed by atoms with Crippen LogP contribution in [0.1, 0.15) is 31.2 Å². The SMILES string of the molecule is CCOc1ccccc1CNC(=O)C1CCCN(Cc2nc(-c3ccc(Br)cc3)no2)C1. The van der Waals surface area contributed by atoms with Crippen LogP contribution in [0.15, 0.2) is 57.5 Å². The first-order chi connectivity index (χ1) is 15.6. The van der Waals surface area contributed by atoms with Gasteiger partial charge in [-0.05, 0) is 56.6 Å². The summed E-state index contributed by atoms with van der Waals surface area (Å²) in [6.07, 6.45) is 1.84. The Balaban J connectivity index is 1.31. The molecule has 1 N–H and O–H groups in total. The van der Waals surface area contributed by atoms with Crippen molar-refractivity contribution in [3.8, 4) is 17.1 Å². The Morgan fingerprint density at radius 2 is 2.06 bits per heavy atom. The summed E-state index contributed by atoms with van der Waals surface area (Å²) in [5.74, 6) is 1.97. The van der Waals surface area contributed by atoms with Crippen molar-refractivity contribution in [1.29, 1.82) is 0 Å². The van der Waals surface area contributed by atoms with Crippen LogP contribution in [0.4, 0.5) is 0 Å². The van der Waals surface area contributed by atoms with Crippen molar-refractivity contribution in [1.82, 2.24) is 20.4 Å². The number of carbonyl (C=O) groups is 1. The van der Waals surface area contributed by atoms with Gasteiger partial charge in [0.1, 0.15) is 5.75 Å². The minimum atomic E-state index is -0.0585. The molecule has 168 valence electrons. The first-order valence-electron chi connectivity index (χ1n) is 10.9. The number of hydrogen-bond acceptors (Lipinski definition) is 6. The monoisotopic (exact) mass is 498 g/mol. The molecular weight excluding hydrogens is 472 g/mol. The molecular formula is C24H27BrN4O3. The highest BCUT2D eigenvalue weighted by atomic mass is 79.9. The molecule has 8 heteroatoms. The van der Waals surface area contributed by atoms with Crippen LogP contribution in [0.3, 0.4) is 0 Å². The molecule has 7 nitrogen and oxygen atoms in total. The number of rotatable bonds is 8. The van der Waals surface area contributed by atoms with Gasteiger partial charge in [-0.15, -0.1) is 0 Å². The summed E-state index contributed by atoms with van der Waals surface area (Å²) >= 11 is 3.43. The van der Waals surface area contributed by atoms with Crippen LogP contribution in [0.5, 0.6) is 5.75 Å². The first-order valence-corrected chi connectivity index (χ1v) is 11.7. The second kappa shape index (κ2) is 10.7. The Morgan fingerprint density at radius 1 is 1.25 bits per heavy atom. The van der Waals surface area contributed by atoms with Gasteiger partial charge in [-0.1, -0.05) is 39.3 Å². The van der Waals surface area contributed by atoms with E-state index in [0.717, 1.165) is 40.7 Å². The van der Waals surface area contributed by atoms with Crippen LogP contribution in [-0.2, 0) is 17.9 Å². The highest BCUT2D eigenvalue weighted by molar-refractivity contribution is 9.10. The average Bonchev–Trinajstić information content (AvgIpc) is 3.27. The maximum Gasteiger partial charge on any atom is 0.241 e. The van der Waals surface area contributed by atoms with Crippen molar-refractivity contribution in [2.24, 2.45) is 5.92 Å². The number of aromatic nitrogens is 2. The van der Waals surface area contributed by atoms with Gasteiger partial charge in [0.2, 0.25) is 17.6 Å². The molecule has 1 amide bonds. The molecule has 1 saturated heterocycles. The first kappa shape index (κ1) is 22.5.